The van der Waals surface area contributed by atoms with Crippen molar-refractivity contribution in [1.82, 2.24) is 15.2 Å². The third-order valence-electron chi connectivity index (χ3n) is 0.915. The first kappa shape index (κ1) is 7.82. The molecule has 0 fully saturated rings. The maximum absolute atomic E-state index is 8.28. The predicted octanol–water partition coefficient (Wildman–Crippen LogP) is 0.304. The number of rotatable bonds is 2. The molecule has 0 amide bonds. The van der Waals surface area contributed by atoms with E-state index in [9.17, 15) is 0 Å². The Morgan fingerprint density at radius 1 is 1.50 bits per heavy atom. The largest absolute Gasteiger partial charge is 0.264 e. The van der Waals surface area contributed by atoms with Crippen LogP contribution in [0.25, 0.3) is 0 Å². The minimum Gasteiger partial charge on any atom is -0.242 e. The summed E-state index contributed by atoms with van der Waals surface area (Å²) in [6.07, 6.45) is 1.25. The fourth-order valence-corrected chi connectivity index (χ4v) is 0.440. The molecule has 0 atom stereocenters. The minimum absolute atomic E-state index is 0.172. The molecule has 0 saturated carbocycles. The molecule has 0 radical (unpaired) electrons. The van der Waals surface area contributed by atoms with Crippen molar-refractivity contribution in [2.45, 2.75) is 6.04 Å². The standard InChI is InChI=1S/C5H3N7/c6-1-4(2-7)10-12-5-8-3-9-11-5/h3-4H,(H,8,9,11). The summed E-state index contributed by atoms with van der Waals surface area (Å²) in [5, 5.41) is 29.3. The second-order valence-electron chi connectivity index (χ2n) is 1.69. The van der Waals surface area contributed by atoms with E-state index in [1.54, 1.807) is 12.1 Å². The summed E-state index contributed by atoms with van der Waals surface area (Å²) >= 11 is 0. The highest BCUT2D eigenvalue weighted by atomic mass is 15.3. The molecular weight excluding hydrogens is 158 g/mol. The Morgan fingerprint density at radius 2 is 2.25 bits per heavy atom. The molecule has 58 valence electrons. The molecule has 1 rings (SSSR count). The lowest BCUT2D eigenvalue weighted by molar-refractivity contribution is 0.921. The van der Waals surface area contributed by atoms with Gasteiger partial charge in [0.15, 0.2) is 0 Å². The van der Waals surface area contributed by atoms with Gasteiger partial charge in [0.1, 0.15) is 18.5 Å². The lowest BCUT2D eigenvalue weighted by Gasteiger charge is -1.83. The third kappa shape index (κ3) is 1.85. The van der Waals surface area contributed by atoms with E-state index in [1.165, 1.54) is 6.33 Å². The number of aromatic amines is 1. The van der Waals surface area contributed by atoms with E-state index in [0.717, 1.165) is 0 Å². The van der Waals surface area contributed by atoms with Crippen molar-refractivity contribution in [2.24, 2.45) is 10.2 Å². The first-order chi connectivity index (χ1) is 5.86. The predicted molar refractivity (Wildman–Crippen MR) is 35.9 cm³/mol. The molecule has 0 aliphatic heterocycles. The van der Waals surface area contributed by atoms with Gasteiger partial charge in [-0.05, 0) is 0 Å². The van der Waals surface area contributed by atoms with E-state index < -0.39 is 6.04 Å². The Balaban J connectivity index is 2.64. The molecule has 12 heavy (non-hydrogen) atoms. The van der Waals surface area contributed by atoms with Crippen LogP contribution in [0.15, 0.2) is 16.6 Å². The van der Waals surface area contributed by atoms with Crippen molar-refractivity contribution < 1.29 is 0 Å². The quantitative estimate of drug-likeness (QED) is 0.628. The Bertz CT molecular complexity index is 323. The van der Waals surface area contributed by atoms with Gasteiger partial charge in [0.05, 0.1) is 0 Å². The molecule has 1 N–H and O–H groups in total. The molecule has 0 bridgehead atoms. The Labute approximate surface area is 67.4 Å². The fourth-order valence-electron chi connectivity index (χ4n) is 0.440. The van der Waals surface area contributed by atoms with E-state index in [4.69, 9.17) is 10.5 Å². The first-order valence-electron chi connectivity index (χ1n) is 2.92. The van der Waals surface area contributed by atoms with Crippen molar-refractivity contribution in [2.75, 3.05) is 0 Å². The zero-order valence-corrected chi connectivity index (χ0v) is 5.84. The van der Waals surface area contributed by atoms with Crippen molar-refractivity contribution >= 4 is 5.95 Å². The normalized spacial score (nSPS) is 9.92. The van der Waals surface area contributed by atoms with Crippen LogP contribution in [0.4, 0.5) is 5.95 Å². The number of hydrogen-bond acceptors (Lipinski definition) is 6. The van der Waals surface area contributed by atoms with Crippen LogP contribution in [0.5, 0.6) is 0 Å². The number of nitrogens with one attached hydrogen (secondary N) is 1. The summed E-state index contributed by atoms with van der Waals surface area (Å²) in [5.74, 6) is 0.172. The Hall–Kier alpha value is -2.28. The molecule has 0 unspecified atom stereocenters. The smallest absolute Gasteiger partial charge is 0.242 e. The molecule has 0 aromatic carbocycles. The second kappa shape index (κ2) is 3.78. The first-order valence-corrected chi connectivity index (χ1v) is 2.92. The van der Waals surface area contributed by atoms with E-state index in [2.05, 4.69) is 25.4 Å². The van der Waals surface area contributed by atoms with Crippen molar-refractivity contribution in [3.05, 3.63) is 6.33 Å². The molecule has 0 spiro atoms. The van der Waals surface area contributed by atoms with E-state index >= 15 is 0 Å². The Morgan fingerprint density at radius 3 is 2.75 bits per heavy atom. The zero-order chi connectivity index (χ0) is 8.81. The van der Waals surface area contributed by atoms with Gasteiger partial charge >= 0.3 is 0 Å². The van der Waals surface area contributed by atoms with Gasteiger partial charge < -0.3 is 0 Å². The number of nitriles is 2. The van der Waals surface area contributed by atoms with Gasteiger partial charge in [-0.1, -0.05) is 0 Å². The molecule has 7 heteroatoms. The average molecular weight is 161 g/mol. The van der Waals surface area contributed by atoms with Crippen molar-refractivity contribution in [1.29, 1.82) is 10.5 Å². The highest BCUT2D eigenvalue weighted by molar-refractivity contribution is 5.10. The molecule has 0 aliphatic rings. The number of aromatic nitrogens is 3. The van der Waals surface area contributed by atoms with Crippen LogP contribution < -0.4 is 0 Å². The fraction of sp³-hybridized carbons (Fsp3) is 0.200. The molecule has 0 saturated heterocycles. The number of nitrogens with zero attached hydrogens (tertiary/aromatic N) is 6. The highest BCUT2D eigenvalue weighted by Gasteiger charge is 2.00. The highest BCUT2D eigenvalue weighted by Crippen LogP contribution is 2.00. The summed E-state index contributed by atoms with van der Waals surface area (Å²) in [4.78, 5) is 3.61. The van der Waals surface area contributed by atoms with Gasteiger partial charge in [0, 0.05) is 0 Å². The minimum atomic E-state index is -1.09. The van der Waals surface area contributed by atoms with Crippen LogP contribution in [-0.2, 0) is 0 Å². The average Bonchev–Trinajstić information content (AvgIpc) is 2.59. The van der Waals surface area contributed by atoms with Crippen LogP contribution in [0.1, 0.15) is 0 Å². The maximum atomic E-state index is 8.28. The van der Waals surface area contributed by atoms with Crippen molar-refractivity contribution in [3.63, 3.8) is 0 Å². The maximum Gasteiger partial charge on any atom is 0.264 e. The van der Waals surface area contributed by atoms with Crippen LogP contribution >= 0.6 is 0 Å². The van der Waals surface area contributed by atoms with Gasteiger partial charge in [-0.15, -0.1) is 5.11 Å². The van der Waals surface area contributed by atoms with Crippen LogP contribution in [0.3, 0.4) is 0 Å². The molecule has 1 aromatic heterocycles. The summed E-state index contributed by atoms with van der Waals surface area (Å²) < 4.78 is 0. The Kier molecular flexibility index (Phi) is 2.47. The lowest BCUT2D eigenvalue weighted by atomic mass is 10.4. The zero-order valence-electron chi connectivity index (χ0n) is 5.84. The van der Waals surface area contributed by atoms with E-state index in [0.29, 0.717) is 0 Å². The molecular formula is C5H3N7. The number of azo groups is 1. The third-order valence-corrected chi connectivity index (χ3v) is 0.915. The second-order valence-corrected chi connectivity index (χ2v) is 1.69. The summed E-state index contributed by atoms with van der Waals surface area (Å²) in [5.41, 5.74) is 0. The van der Waals surface area contributed by atoms with E-state index in [1.807, 2.05) is 0 Å². The summed E-state index contributed by atoms with van der Waals surface area (Å²) in [7, 11) is 0. The van der Waals surface area contributed by atoms with Gasteiger partial charge in [-0.3, -0.25) is 0 Å². The molecule has 0 aliphatic carbocycles. The van der Waals surface area contributed by atoms with Gasteiger partial charge in [-0.25, -0.2) is 5.10 Å². The molecule has 1 heterocycles. The SMILES string of the molecule is N#CC(C#N)N=Nc1ncn[nH]1. The number of H-pyrrole nitrogens is 1. The summed E-state index contributed by atoms with van der Waals surface area (Å²) in [6, 6.07) is 2.17. The number of hydrogen-bond donors (Lipinski definition) is 1. The van der Waals surface area contributed by atoms with Crippen LogP contribution in [-0.4, -0.2) is 21.2 Å². The van der Waals surface area contributed by atoms with E-state index in [-0.39, 0.29) is 5.95 Å². The molecule has 7 nitrogen and oxygen atoms in total. The van der Waals surface area contributed by atoms with Crippen molar-refractivity contribution in [3.8, 4) is 12.1 Å². The van der Waals surface area contributed by atoms with Gasteiger partial charge in [0.25, 0.3) is 5.95 Å². The summed E-state index contributed by atoms with van der Waals surface area (Å²) in [6.45, 7) is 0. The van der Waals surface area contributed by atoms with Crippen LogP contribution in [0, 0.1) is 22.7 Å². The van der Waals surface area contributed by atoms with Gasteiger partial charge in [-0.2, -0.15) is 25.7 Å². The van der Waals surface area contributed by atoms with Gasteiger partial charge in [0.2, 0.25) is 6.04 Å². The monoisotopic (exact) mass is 161 g/mol. The topological polar surface area (TPSA) is 114 Å². The molecule has 1 aromatic rings. The van der Waals surface area contributed by atoms with Crippen LogP contribution in [0.2, 0.25) is 0 Å². The lowest BCUT2D eigenvalue weighted by Crippen LogP contribution is -1.92.